The van der Waals surface area contributed by atoms with Crippen LogP contribution in [0.2, 0.25) is 5.02 Å². The molecule has 0 radical (unpaired) electrons. The summed E-state index contributed by atoms with van der Waals surface area (Å²) >= 11 is 6.67. The van der Waals surface area contributed by atoms with Crippen LogP contribution in [0.4, 0.5) is 17.1 Å². The minimum atomic E-state index is -0.427. The molecule has 2 amide bonds. The highest BCUT2D eigenvalue weighted by Crippen LogP contribution is 2.44. The maximum absolute atomic E-state index is 13.7. The molecule has 3 heterocycles. The third-order valence-electron chi connectivity index (χ3n) is 6.97. The van der Waals surface area contributed by atoms with Gasteiger partial charge in [0.2, 0.25) is 11.8 Å². The smallest absolute Gasteiger partial charge is 0.232 e. The number of fused-ring (bicyclic) bond motifs is 1. The Kier molecular flexibility index (Phi) is 6.01. The van der Waals surface area contributed by atoms with Crippen LogP contribution in [0.25, 0.3) is 0 Å². The van der Waals surface area contributed by atoms with Crippen LogP contribution in [-0.2, 0) is 28.5 Å². The van der Waals surface area contributed by atoms with Crippen molar-refractivity contribution in [1.82, 2.24) is 9.55 Å². The van der Waals surface area contributed by atoms with Crippen molar-refractivity contribution in [3.63, 3.8) is 0 Å². The number of aryl methyl sites for hydroxylation is 1. The number of aromatic nitrogens is 2. The molecule has 1 atom stereocenters. The van der Waals surface area contributed by atoms with Crippen LogP contribution in [0.3, 0.4) is 0 Å². The Morgan fingerprint density at radius 1 is 1.28 bits per heavy atom. The molecule has 2 aromatic carbocycles. The minimum Gasteiger partial charge on any atom is -0.399 e. The standard InChI is InChI=1S/C28H28ClN5O2/c1-28(2)16-34(27(36)19-11-26(35)33(15-19)21-8-5-7-20(30)12-21)25-13-24(29)18(10-23(25)28)6-4-9-22-14-31-17-32(22)3/h5,7-8,10,12-14,17,19H,6,11,15-16,30H2,1-3H3. The maximum atomic E-state index is 13.7. The van der Waals surface area contributed by atoms with Crippen molar-refractivity contribution in [2.75, 3.05) is 28.6 Å². The molecule has 8 heteroatoms. The molecule has 2 aliphatic rings. The molecule has 0 aliphatic carbocycles. The lowest BCUT2D eigenvalue weighted by molar-refractivity contribution is -0.124. The van der Waals surface area contributed by atoms with Gasteiger partial charge in [0.25, 0.3) is 0 Å². The summed E-state index contributed by atoms with van der Waals surface area (Å²) in [5.74, 6) is 5.76. The van der Waals surface area contributed by atoms with Gasteiger partial charge in [-0.25, -0.2) is 4.98 Å². The van der Waals surface area contributed by atoms with Crippen LogP contribution in [0.5, 0.6) is 0 Å². The fourth-order valence-corrected chi connectivity index (χ4v) is 5.24. The molecule has 5 rings (SSSR count). The number of imidazole rings is 1. The van der Waals surface area contributed by atoms with E-state index in [9.17, 15) is 9.59 Å². The first-order valence-electron chi connectivity index (χ1n) is 11.9. The number of rotatable bonds is 3. The van der Waals surface area contributed by atoms with E-state index >= 15 is 0 Å². The lowest BCUT2D eigenvalue weighted by Crippen LogP contribution is -2.39. The molecule has 0 spiro atoms. The van der Waals surface area contributed by atoms with E-state index in [0.29, 0.717) is 30.2 Å². The van der Waals surface area contributed by atoms with Crippen LogP contribution in [0, 0.1) is 17.8 Å². The number of benzene rings is 2. The summed E-state index contributed by atoms with van der Waals surface area (Å²) in [5.41, 5.74) is 10.6. The number of halogens is 1. The lowest BCUT2D eigenvalue weighted by atomic mass is 9.86. The molecule has 1 saturated heterocycles. The Labute approximate surface area is 215 Å². The van der Waals surface area contributed by atoms with Gasteiger partial charge in [-0.2, -0.15) is 0 Å². The first kappa shape index (κ1) is 24.0. The molecule has 36 heavy (non-hydrogen) atoms. The van der Waals surface area contributed by atoms with Crippen molar-refractivity contribution in [3.8, 4) is 11.8 Å². The van der Waals surface area contributed by atoms with Crippen molar-refractivity contribution >= 4 is 40.5 Å². The maximum Gasteiger partial charge on any atom is 0.232 e. The van der Waals surface area contributed by atoms with E-state index in [2.05, 4.69) is 36.7 Å². The molecule has 1 aromatic heterocycles. The molecule has 7 nitrogen and oxygen atoms in total. The van der Waals surface area contributed by atoms with Gasteiger partial charge in [0.15, 0.2) is 0 Å². The van der Waals surface area contributed by atoms with Gasteiger partial charge in [0.05, 0.1) is 18.4 Å². The Bertz CT molecular complexity index is 1430. The Morgan fingerprint density at radius 2 is 2.08 bits per heavy atom. The zero-order valence-corrected chi connectivity index (χ0v) is 21.3. The quantitative estimate of drug-likeness (QED) is 0.435. The van der Waals surface area contributed by atoms with Gasteiger partial charge in [-0.05, 0) is 41.3 Å². The van der Waals surface area contributed by atoms with E-state index < -0.39 is 5.92 Å². The average molecular weight is 502 g/mol. The van der Waals surface area contributed by atoms with E-state index in [1.807, 2.05) is 29.8 Å². The van der Waals surface area contributed by atoms with Gasteiger partial charge in [0.1, 0.15) is 5.69 Å². The third-order valence-corrected chi connectivity index (χ3v) is 7.32. The highest BCUT2D eigenvalue weighted by Gasteiger charge is 2.43. The summed E-state index contributed by atoms with van der Waals surface area (Å²) in [6.07, 6.45) is 4.11. The number of hydrogen-bond donors (Lipinski definition) is 1. The van der Waals surface area contributed by atoms with Crippen LogP contribution in [0.15, 0.2) is 48.9 Å². The van der Waals surface area contributed by atoms with Gasteiger partial charge < -0.3 is 20.1 Å². The molecule has 2 aliphatic heterocycles. The zero-order chi connectivity index (χ0) is 25.6. The third kappa shape index (κ3) is 4.33. The summed E-state index contributed by atoms with van der Waals surface area (Å²) in [5, 5.41) is 0.576. The fraction of sp³-hybridized carbons (Fsp3) is 0.321. The molecule has 0 bridgehead atoms. The first-order valence-corrected chi connectivity index (χ1v) is 12.3. The molecular formula is C28H28ClN5O2. The number of nitrogens with two attached hydrogens (primary N) is 1. The first-order chi connectivity index (χ1) is 17.1. The SMILES string of the molecule is Cn1cncc1C#CCc1cc2c(cc1Cl)N(C(=O)C1CC(=O)N(c3cccc(N)c3)C1)CC2(C)C. The molecule has 1 unspecified atom stereocenters. The average Bonchev–Trinajstić information content (AvgIpc) is 3.49. The van der Waals surface area contributed by atoms with Crippen LogP contribution in [0.1, 0.15) is 37.1 Å². The van der Waals surface area contributed by atoms with Crippen LogP contribution < -0.4 is 15.5 Å². The molecule has 0 saturated carbocycles. The largest absolute Gasteiger partial charge is 0.399 e. The van der Waals surface area contributed by atoms with E-state index in [-0.39, 0.29) is 23.7 Å². The topological polar surface area (TPSA) is 84.5 Å². The number of nitrogens with zero attached hydrogens (tertiary/aromatic N) is 4. The Balaban J connectivity index is 1.38. The molecule has 2 N–H and O–H groups in total. The van der Waals surface area contributed by atoms with Gasteiger partial charge in [-0.3, -0.25) is 9.59 Å². The van der Waals surface area contributed by atoms with Gasteiger partial charge in [0, 0.05) is 60.5 Å². The second-order valence-electron chi connectivity index (χ2n) is 10.1. The number of carbonyl (C=O) groups is 2. The van der Waals surface area contributed by atoms with Crippen LogP contribution >= 0.6 is 11.6 Å². The number of anilines is 3. The number of carbonyl (C=O) groups excluding carboxylic acids is 2. The highest BCUT2D eigenvalue weighted by molar-refractivity contribution is 6.32. The monoisotopic (exact) mass is 501 g/mol. The molecule has 184 valence electrons. The van der Waals surface area contributed by atoms with Crippen molar-refractivity contribution in [2.24, 2.45) is 13.0 Å². The van der Waals surface area contributed by atoms with Crippen molar-refractivity contribution in [3.05, 3.63) is 70.8 Å². The normalized spacial score (nSPS) is 18.2. The summed E-state index contributed by atoms with van der Waals surface area (Å²) in [6, 6.07) is 11.1. The summed E-state index contributed by atoms with van der Waals surface area (Å²) < 4.78 is 1.87. The Morgan fingerprint density at radius 3 is 2.81 bits per heavy atom. The number of hydrogen-bond acceptors (Lipinski definition) is 4. The van der Waals surface area contributed by atoms with E-state index in [1.165, 1.54) is 0 Å². The molecule has 1 fully saturated rings. The highest BCUT2D eigenvalue weighted by atomic mass is 35.5. The van der Waals surface area contributed by atoms with Crippen molar-refractivity contribution < 1.29 is 9.59 Å². The van der Waals surface area contributed by atoms with Crippen molar-refractivity contribution in [1.29, 1.82) is 0 Å². The lowest BCUT2D eigenvalue weighted by Gasteiger charge is -2.24. The zero-order valence-electron chi connectivity index (χ0n) is 20.6. The summed E-state index contributed by atoms with van der Waals surface area (Å²) in [4.78, 5) is 34.0. The van der Waals surface area contributed by atoms with E-state index in [4.69, 9.17) is 17.3 Å². The van der Waals surface area contributed by atoms with E-state index in [0.717, 1.165) is 28.2 Å². The predicted octanol–water partition coefficient (Wildman–Crippen LogP) is 3.93. The summed E-state index contributed by atoms with van der Waals surface area (Å²) in [7, 11) is 1.90. The summed E-state index contributed by atoms with van der Waals surface area (Å²) in [6.45, 7) is 5.11. The van der Waals surface area contributed by atoms with Crippen molar-refractivity contribution in [2.45, 2.75) is 32.1 Å². The molecule has 3 aromatic rings. The van der Waals surface area contributed by atoms with E-state index in [1.54, 1.807) is 34.5 Å². The minimum absolute atomic E-state index is 0.0543. The Hall–Kier alpha value is -3.76. The van der Waals surface area contributed by atoms with Gasteiger partial charge >= 0.3 is 0 Å². The number of amides is 2. The second-order valence-corrected chi connectivity index (χ2v) is 10.5. The van der Waals surface area contributed by atoms with Gasteiger partial charge in [-0.1, -0.05) is 43.5 Å². The predicted molar refractivity (Wildman–Crippen MR) is 142 cm³/mol. The van der Waals surface area contributed by atoms with Gasteiger partial charge in [-0.15, -0.1) is 0 Å². The fourth-order valence-electron chi connectivity index (χ4n) is 5.01. The number of nitrogen functional groups attached to an aromatic ring is 1. The molecular weight excluding hydrogens is 474 g/mol. The second kappa shape index (κ2) is 9.03. The van der Waals surface area contributed by atoms with Crippen LogP contribution in [-0.4, -0.2) is 34.5 Å².